The summed E-state index contributed by atoms with van der Waals surface area (Å²) in [5, 5.41) is 12.6. The molecule has 0 aliphatic heterocycles. The van der Waals surface area contributed by atoms with Crippen LogP contribution in [0.1, 0.15) is 24.8 Å². The first kappa shape index (κ1) is 14.9. The Kier molecular flexibility index (Phi) is 5.01. The van der Waals surface area contributed by atoms with Gasteiger partial charge in [-0.1, -0.05) is 30.2 Å². The Bertz CT molecular complexity index is 486. The third-order valence-electron chi connectivity index (χ3n) is 3.82. The van der Waals surface area contributed by atoms with Gasteiger partial charge in [-0.25, -0.2) is 0 Å². The van der Waals surface area contributed by atoms with E-state index in [4.69, 9.17) is 16.7 Å². The van der Waals surface area contributed by atoms with Gasteiger partial charge in [-0.2, -0.15) is 0 Å². The fraction of sp³-hybridized carbons (Fsp3) is 0.467. The van der Waals surface area contributed by atoms with Crippen LogP contribution >= 0.6 is 11.6 Å². The van der Waals surface area contributed by atoms with Gasteiger partial charge >= 0.3 is 5.97 Å². The molecule has 4 nitrogen and oxygen atoms in total. The van der Waals surface area contributed by atoms with Crippen molar-refractivity contribution in [2.45, 2.75) is 25.7 Å². The van der Waals surface area contributed by atoms with E-state index in [9.17, 15) is 9.59 Å². The molecule has 2 unspecified atom stereocenters. The molecule has 2 atom stereocenters. The van der Waals surface area contributed by atoms with Crippen LogP contribution in [0, 0.1) is 11.8 Å². The molecule has 0 radical (unpaired) electrons. The van der Waals surface area contributed by atoms with Crippen LogP contribution in [-0.2, 0) is 16.0 Å². The third-order valence-corrected chi connectivity index (χ3v) is 4.07. The first-order chi connectivity index (χ1) is 9.56. The van der Waals surface area contributed by atoms with Crippen LogP contribution in [0.4, 0.5) is 0 Å². The summed E-state index contributed by atoms with van der Waals surface area (Å²) >= 11 is 5.78. The maximum atomic E-state index is 11.8. The average Bonchev–Trinajstić information content (AvgIpc) is 2.88. The van der Waals surface area contributed by atoms with Crippen molar-refractivity contribution in [3.05, 3.63) is 34.9 Å². The maximum Gasteiger partial charge on any atom is 0.306 e. The molecular weight excluding hydrogens is 278 g/mol. The standard InChI is InChI=1S/C15H18ClNO3/c16-12-6-4-10(5-7-12)8-14(18)17-9-11-2-1-3-13(11)15(19)20/h4-7,11,13H,1-3,8-9H2,(H,17,18)(H,19,20). The predicted octanol–water partition coefficient (Wildman–Crippen LogP) is 2.50. The van der Waals surface area contributed by atoms with Crippen LogP contribution in [0.15, 0.2) is 24.3 Å². The van der Waals surface area contributed by atoms with Crippen LogP contribution in [0.5, 0.6) is 0 Å². The summed E-state index contributed by atoms with van der Waals surface area (Å²) in [6.45, 7) is 0.448. The second kappa shape index (κ2) is 6.75. The van der Waals surface area contributed by atoms with Gasteiger partial charge in [-0.3, -0.25) is 9.59 Å². The zero-order valence-corrected chi connectivity index (χ0v) is 11.9. The second-order valence-electron chi connectivity index (χ2n) is 5.24. The van der Waals surface area contributed by atoms with E-state index in [1.165, 1.54) is 0 Å². The minimum absolute atomic E-state index is 0.0571. The summed E-state index contributed by atoms with van der Waals surface area (Å²) in [7, 11) is 0. The van der Waals surface area contributed by atoms with E-state index in [0.29, 0.717) is 24.4 Å². The number of rotatable bonds is 5. The Labute approximate surface area is 123 Å². The molecule has 0 spiro atoms. The van der Waals surface area contributed by atoms with Gasteiger partial charge in [0.1, 0.15) is 0 Å². The number of hydrogen-bond donors (Lipinski definition) is 2. The van der Waals surface area contributed by atoms with Gasteiger partial charge in [0.2, 0.25) is 5.91 Å². The number of carboxylic acids is 1. The van der Waals surface area contributed by atoms with E-state index in [1.807, 2.05) is 12.1 Å². The molecular formula is C15H18ClNO3. The van der Waals surface area contributed by atoms with Gasteiger partial charge in [0.05, 0.1) is 12.3 Å². The first-order valence-electron chi connectivity index (χ1n) is 6.80. The third kappa shape index (κ3) is 3.97. The fourth-order valence-corrected chi connectivity index (χ4v) is 2.83. The SMILES string of the molecule is O=C(Cc1ccc(Cl)cc1)NCC1CCCC1C(=O)O. The van der Waals surface area contributed by atoms with E-state index in [0.717, 1.165) is 18.4 Å². The molecule has 5 heteroatoms. The molecule has 1 amide bonds. The molecule has 108 valence electrons. The van der Waals surface area contributed by atoms with Gasteiger partial charge in [0.15, 0.2) is 0 Å². The van der Waals surface area contributed by atoms with Crippen LogP contribution in [0.2, 0.25) is 5.02 Å². The van der Waals surface area contributed by atoms with Gasteiger partial charge in [-0.05, 0) is 36.5 Å². The number of amides is 1. The molecule has 1 aromatic carbocycles. The van der Waals surface area contributed by atoms with E-state index in [1.54, 1.807) is 12.1 Å². The minimum atomic E-state index is -0.751. The minimum Gasteiger partial charge on any atom is -0.481 e. The van der Waals surface area contributed by atoms with E-state index >= 15 is 0 Å². The van der Waals surface area contributed by atoms with Crippen LogP contribution in [0.3, 0.4) is 0 Å². The lowest BCUT2D eigenvalue weighted by Gasteiger charge is -2.16. The summed E-state index contributed by atoms with van der Waals surface area (Å²) in [4.78, 5) is 22.9. The van der Waals surface area contributed by atoms with Gasteiger partial charge in [0.25, 0.3) is 0 Å². The Balaban J connectivity index is 1.80. The highest BCUT2D eigenvalue weighted by Crippen LogP contribution is 2.31. The molecule has 2 rings (SSSR count). The van der Waals surface area contributed by atoms with Crippen molar-refractivity contribution in [2.75, 3.05) is 6.54 Å². The number of aliphatic carboxylic acids is 1. The predicted molar refractivity (Wildman–Crippen MR) is 76.6 cm³/mol. The smallest absolute Gasteiger partial charge is 0.306 e. The highest BCUT2D eigenvalue weighted by Gasteiger charge is 2.32. The monoisotopic (exact) mass is 295 g/mol. The molecule has 1 aliphatic rings. The van der Waals surface area contributed by atoms with E-state index in [2.05, 4.69) is 5.32 Å². The largest absolute Gasteiger partial charge is 0.481 e. The Morgan fingerprint density at radius 1 is 1.25 bits per heavy atom. The fourth-order valence-electron chi connectivity index (χ4n) is 2.70. The summed E-state index contributed by atoms with van der Waals surface area (Å²) < 4.78 is 0. The lowest BCUT2D eigenvalue weighted by atomic mass is 9.96. The summed E-state index contributed by atoms with van der Waals surface area (Å²) in [5.74, 6) is -1.09. The Morgan fingerprint density at radius 2 is 1.95 bits per heavy atom. The van der Waals surface area contributed by atoms with Crippen molar-refractivity contribution in [3.8, 4) is 0 Å². The second-order valence-corrected chi connectivity index (χ2v) is 5.68. The Hall–Kier alpha value is -1.55. The number of benzene rings is 1. The van der Waals surface area contributed by atoms with E-state index in [-0.39, 0.29) is 17.7 Å². The van der Waals surface area contributed by atoms with Crippen LogP contribution < -0.4 is 5.32 Å². The molecule has 0 bridgehead atoms. The molecule has 1 aliphatic carbocycles. The van der Waals surface area contributed by atoms with Gasteiger partial charge < -0.3 is 10.4 Å². The lowest BCUT2D eigenvalue weighted by Crippen LogP contribution is -2.33. The first-order valence-corrected chi connectivity index (χ1v) is 7.18. The normalized spacial score (nSPS) is 21.6. The van der Waals surface area contributed by atoms with Crippen molar-refractivity contribution in [2.24, 2.45) is 11.8 Å². The molecule has 0 aromatic heterocycles. The van der Waals surface area contributed by atoms with Crippen molar-refractivity contribution in [3.63, 3.8) is 0 Å². The quantitative estimate of drug-likeness (QED) is 0.877. The summed E-state index contributed by atoms with van der Waals surface area (Å²) in [6, 6.07) is 7.14. The molecule has 2 N–H and O–H groups in total. The number of hydrogen-bond acceptors (Lipinski definition) is 2. The molecule has 0 heterocycles. The molecule has 1 saturated carbocycles. The highest BCUT2D eigenvalue weighted by atomic mass is 35.5. The molecule has 1 aromatic rings. The van der Waals surface area contributed by atoms with Gasteiger partial charge in [0, 0.05) is 11.6 Å². The summed E-state index contributed by atoms with van der Waals surface area (Å²) in [6.07, 6.45) is 2.81. The number of nitrogens with one attached hydrogen (secondary N) is 1. The zero-order chi connectivity index (χ0) is 14.5. The number of carboxylic acid groups (broad SMARTS) is 1. The van der Waals surface area contributed by atoms with E-state index < -0.39 is 5.97 Å². The van der Waals surface area contributed by atoms with Crippen molar-refractivity contribution in [1.82, 2.24) is 5.32 Å². The highest BCUT2D eigenvalue weighted by molar-refractivity contribution is 6.30. The maximum absolute atomic E-state index is 11.8. The van der Waals surface area contributed by atoms with Crippen LogP contribution in [-0.4, -0.2) is 23.5 Å². The number of carbonyl (C=O) groups is 2. The molecule has 20 heavy (non-hydrogen) atoms. The topological polar surface area (TPSA) is 66.4 Å². The van der Waals surface area contributed by atoms with Crippen molar-refractivity contribution < 1.29 is 14.7 Å². The number of carbonyl (C=O) groups excluding carboxylic acids is 1. The molecule has 1 fully saturated rings. The van der Waals surface area contributed by atoms with Gasteiger partial charge in [-0.15, -0.1) is 0 Å². The van der Waals surface area contributed by atoms with Crippen molar-refractivity contribution >= 4 is 23.5 Å². The van der Waals surface area contributed by atoms with Crippen molar-refractivity contribution in [1.29, 1.82) is 0 Å². The molecule has 0 saturated heterocycles. The zero-order valence-electron chi connectivity index (χ0n) is 11.1. The Morgan fingerprint density at radius 3 is 2.60 bits per heavy atom. The van der Waals surface area contributed by atoms with Crippen LogP contribution in [0.25, 0.3) is 0 Å². The number of halogens is 1. The average molecular weight is 296 g/mol. The summed E-state index contributed by atoms with van der Waals surface area (Å²) in [5.41, 5.74) is 0.896. The lowest BCUT2D eigenvalue weighted by molar-refractivity contribution is -0.143.